The summed E-state index contributed by atoms with van der Waals surface area (Å²) in [5.41, 5.74) is 0.297. The van der Waals surface area contributed by atoms with Crippen LogP contribution in [-0.2, 0) is 6.54 Å². The summed E-state index contributed by atoms with van der Waals surface area (Å²) in [6.07, 6.45) is 11.4. The standard InChI is InChI=1S/C21H26ClN3O2/c1-13(21-7-14-4-15(8-21)6-16(5-14)9-21)24-20(26)19-3-2-18(27-19)12-25-11-17(22)10-23-25/h2-3,10-11,13-16H,4-9,12H2,1H3,(H,24,26)/t13-,14?,15?,16?,21?/m1/s1. The maximum Gasteiger partial charge on any atom is 0.287 e. The fourth-order valence-electron chi connectivity index (χ4n) is 6.30. The van der Waals surface area contributed by atoms with Crippen molar-refractivity contribution in [1.82, 2.24) is 15.1 Å². The lowest BCUT2D eigenvalue weighted by molar-refractivity contribution is -0.0688. The van der Waals surface area contributed by atoms with Crippen LogP contribution in [0.5, 0.6) is 0 Å². The molecule has 0 aromatic carbocycles. The number of aromatic nitrogens is 2. The van der Waals surface area contributed by atoms with Gasteiger partial charge in [-0.2, -0.15) is 5.10 Å². The smallest absolute Gasteiger partial charge is 0.287 e. The third-order valence-corrected chi connectivity index (χ3v) is 7.35. The maximum absolute atomic E-state index is 12.8. The minimum absolute atomic E-state index is 0.108. The molecular formula is C21H26ClN3O2. The molecule has 27 heavy (non-hydrogen) atoms. The molecule has 1 amide bonds. The van der Waals surface area contributed by atoms with Crippen LogP contribution < -0.4 is 5.32 Å². The summed E-state index contributed by atoms with van der Waals surface area (Å²) in [5, 5.41) is 7.99. The first kappa shape index (κ1) is 17.4. The van der Waals surface area contributed by atoms with Crippen LogP contribution in [0.4, 0.5) is 0 Å². The molecule has 6 rings (SSSR count). The lowest BCUT2D eigenvalue weighted by atomic mass is 9.48. The molecule has 6 heteroatoms. The highest BCUT2D eigenvalue weighted by Crippen LogP contribution is 2.61. The van der Waals surface area contributed by atoms with Crippen LogP contribution in [0.15, 0.2) is 28.9 Å². The van der Waals surface area contributed by atoms with Crippen LogP contribution >= 0.6 is 11.6 Å². The van der Waals surface area contributed by atoms with Crippen LogP contribution in [0, 0.1) is 23.2 Å². The van der Waals surface area contributed by atoms with E-state index < -0.39 is 0 Å². The largest absolute Gasteiger partial charge is 0.454 e. The van der Waals surface area contributed by atoms with Crippen molar-refractivity contribution in [2.75, 3.05) is 0 Å². The molecule has 0 aliphatic heterocycles. The van der Waals surface area contributed by atoms with Crippen molar-refractivity contribution in [1.29, 1.82) is 0 Å². The number of halogens is 1. The summed E-state index contributed by atoms with van der Waals surface area (Å²) in [4.78, 5) is 12.8. The molecule has 2 heterocycles. The number of carbonyl (C=O) groups is 1. The van der Waals surface area contributed by atoms with Gasteiger partial charge in [-0.15, -0.1) is 0 Å². The molecule has 4 bridgehead atoms. The number of amides is 1. The van der Waals surface area contributed by atoms with Gasteiger partial charge in [0, 0.05) is 12.2 Å². The Kier molecular flexibility index (Phi) is 4.12. The molecule has 1 atom stereocenters. The van der Waals surface area contributed by atoms with Gasteiger partial charge in [-0.1, -0.05) is 11.6 Å². The zero-order valence-corrected chi connectivity index (χ0v) is 16.4. The molecule has 2 aromatic rings. The normalized spacial score (nSPS) is 32.6. The highest BCUT2D eigenvalue weighted by atomic mass is 35.5. The number of hydrogen-bond donors (Lipinski definition) is 1. The highest BCUT2D eigenvalue weighted by molar-refractivity contribution is 6.30. The first-order valence-electron chi connectivity index (χ1n) is 10.1. The first-order valence-corrected chi connectivity index (χ1v) is 10.4. The molecule has 0 spiro atoms. The van der Waals surface area contributed by atoms with E-state index in [9.17, 15) is 4.79 Å². The Hall–Kier alpha value is -1.75. The molecule has 1 N–H and O–H groups in total. The molecule has 4 saturated carbocycles. The van der Waals surface area contributed by atoms with Crippen LogP contribution in [-0.4, -0.2) is 21.7 Å². The topological polar surface area (TPSA) is 60.1 Å². The molecule has 144 valence electrons. The van der Waals surface area contributed by atoms with Gasteiger partial charge in [0.05, 0.1) is 17.8 Å². The second-order valence-corrected chi connectivity index (χ2v) is 9.53. The Morgan fingerprint density at radius 2 is 1.96 bits per heavy atom. The number of furan rings is 1. The van der Waals surface area contributed by atoms with E-state index in [4.69, 9.17) is 16.0 Å². The van der Waals surface area contributed by atoms with Crippen LogP contribution in [0.25, 0.3) is 0 Å². The molecule has 0 unspecified atom stereocenters. The summed E-state index contributed by atoms with van der Waals surface area (Å²) in [5.74, 6) is 3.61. The zero-order chi connectivity index (χ0) is 18.6. The van der Waals surface area contributed by atoms with Gasteiger partial charge in [-0.25, -0.2) is 0 Å². The van der Waals surface area contributed by atoms with Crippen molar-refractivity contribution in [3.8, 4) is 0 Å². The monoisotopic (exact) mass is 387 g/mol. The van der Waals surface area contributed by atoms with E-state index >= 15 is 0 Å². The van der Waals surface area contributed by atoms with E-state index in [0.29, 0.717) is 28.5 Å². The predicted molar refractivity (Wildman–Crippen MR) is 103 cm³/mol. The molecule has 0 radical (unpaired) electrons. The average molecular weight is 388 g/mol. The number of hydrogen-bond acceptors (Lipinski definition) is 3. The third-order valence-electron chi connectivity index (χ3n) is 7.16. The Labute approximate surface area is 164 Å². The summed E-state index contributed by atoms with van der Waals surface area (Å²) in [6.45, 7) is 2.66. The molecule has 5 nitrogen and oxygen atoms in total. The fourth-order valence-corrected chi connectivity index (χ4v) is 6.45. The average Bonchev–Trinajstić information content (AvgIpc) is 3.23. The number of carbonyl (C=O) groups excluding carboxylic acids is 1. The van der Waals surface area contributed by atoms with Crippen molar-refractivity contribution in [2.24, 2.45) is 23.2 Å². The first-order chi connectivity index (χ1) is 13.0. The molecule has 4 aliphatic rings. The van der Waals surface area contributed by atoms with Crippen molar-refractivity contribution < 1.29 is 9.21 Å². The van der Waals surface area contributed by atoms with E-state index in [1.165, 1.54) is 38.5 Å². The van der Waals surface area contributed by atoms with Gasteiger partial charge in [0.25, 0.3) is 5.91 Å². The lowest BCUT2D eigenvalue weighted by Crippen LogP contribution is -2.55. The molecule has 4 fully saturated rings. The maximum atomic E-state index is 12.8. The lowest BCUT2D eigenvalue weighted by Gasteiger charge is -2.59. The zero-order valence-electron chi connectivity index (χ0n) is 15.7. The van der Waals surface area contributed by atoms with Crippen LogP contribution in [0.3, 0.4) is 0 Å². The Bertz CT molecular complexity index is 820. The quantitative estimate of drug-likeness (QED) is 0.820. The summed E-state index contributed by atoms with van der Waals surface area (Å²) in [6, 6.07) is 3.78. The molecular weight excluding hydrogens is 362 g/mol. The van der Waals surface area contributed by atoms with Crippen molar-refractivity contribution >= 4 is 17.5 Å². The second kappa shape index (κ2) is 6.40. The minimum atomic E-state index is -0.108. The van der Waals surface area contributed by atoms with Gasteiger partial charge in [0.15, 0.2) is 5.76 Å². The van der Waals surface area contributed by atoms with E-state index in [0.717, 1.165) is 17.8 Å². The Balaban J connectivity index is 1.25. The summed E-state index contributed by atoms with van der Waals surface area (Å²) < 4.78 is 7.46. The highest BCUT2D eigenvalue weighted by Gasteiger charge is 2.53. The molecule has 2 aromatic heterocycles. The Morgan fingerprint density at radius 1 is 1.30 bits per heavy atom. The van der Waals surface area contributed by atoms with Gasteiger partial charge in [-0.05, 0) is 80.8 Å². The number of nitrogens with one attached hydrogen (secondary N) is 1. The number of rotatable bonds is 5. The fraction of sp³-hybridized carbons (Fsp3) is 0.619. The molecule has 4 aliphatic carbocycles. The van der Waals surface area contributed by atoms with E-state index in [-0.39, 0.29) is 11.9 Å². The third kappa shape index (κ3) is 3.20. The van der Waals surface area contributed by atoms with Crippen molar-refractivity contribution in [2.45, 2.75) is 58.0 Å². The van der Waals surface area contributed by atoms with Gasteiger partial charge in [0.1, 0.15) is 5.76 Å². The van der Waals surface area contributed by atoms with Gasteiger partial charge in [-0.3, -0.25) is 9.48 Å². The summed E-state index contributed by atoms with van der Waals surface area (Å²) >= 11 is 5.89. The van der Waals surface area contributed by atoms with Gasteiger partial charge in [0.2, 0.25) is 0 Å². The van der Waals surface area contributed by atoms with E-state index in [1.807, 2.05) is 6.07 Å². The predicted octanol–water partition coefficient (Wildman–Crippen LogP) is 4.51. The number of nitrogens with zero attached hydrogens (tertiary/aromatic N) is 2. The van der Waals surface area contributed by atoms with Gasteiger partial charge >= 0.3 is 0 Å². The van der Waals surface area contributed by atoms with Crippen LogP contribution in [0.2, 0.25) is 5.02 Å². The van der Waals surface area contributed by atoms with Gasteiger partial charge < -0.3 is 9.73 Å². The second-order valence-electron chi connectivity index (χ2n) is 9.10. The minimum Gasteiger partial charge on any atom is -0.454 e. The van der Waals surface area contributed by atoms with E-state index in [2.05, 4.69) is 17.3 Å². The van der Waals surface area contributed by atoms with Crippen LogP contribution in [0.1, 0.15) is 61.8 Å². The SMILES string of the molecule is C[C@@H](NC(=O)c1ccc(Cn2cc(Cl)cn2)o1)C12CC3CC(CC(C3)C1)C2. The van der Waals surface area contributed by atoms with E-state index in [1.54, 1.807) is 23.1 Å². The van der Waals surface area contributed by atoms with Crippen molar-refractivity contribution in [3.05, 3.63) is 41.1 Å². The molecule has 0 saturated heterocycles. The summed E-state index contributed by atoms with van der Waals surface area (Å²) in [7, 11) is 0. The van der Waals surface area contributed by atoms with Crippen molar-refractivity contribution in [3.63, 3.8) is 0 Å². The Morgan fingerprint density at radius 3 is 2.56 bits per heavy atom.